The van der Waals surface area contributed by atoms with Crippen LogP contribution in [-0.2, 0) is 9.59 Å². The largest absolute Gasteiger partial charge is 0.480 e. The minimum atomic E-state index is -1.05. The van der Waals surface area contributed by atoms with Crippen LogP contribution in [0.25, 0.3) is 0 Å². The summed E-state index contributed by atoms with van der Waals surface area (Å²) in [5, 5.41) is 19.4. The summed E-state index contributed by atoms with van der Waals surface area (Å²) in [6, 6.07) is 12.0. The number of carboxylic acid groups (broad SMARTS) is 2. The molecule has 2 N–H and O–H groups in total. The molecular formula is C28H36N2O6S2. The van der Waals surface area contributed by atoms with E-state index in [4.69, 9.17) is 0 Å². The summed E-state index contributed by atoms with van der Waals surface area (Å²) in [5.74, 6) is -2.71. The lowest BCUT2D eigenvalue weighted by molar-refractivity contribution is -0.143. The maximum atomic E-state index is 13.3. The molecule has 0 aliphatic carbocycles. The van der Waals surface area contributed by atoms with E-state index >= 15 is 0 Å². The molecule has 0 heterocycles. The van der Waals surface area contributed by atoms with Gasteiger partial charge in [-0.1, -0.05) is 73.5 Å². The number of benzene rings is 2. The average molecular weight is 561 g/mol. The van der Waals surface area contributed by atoms with Gasteiger partial charge in [-0.15, -0.1) is 0 Å². The Morgan fingerprint density at radius 2 is 0.974 bits per heavy atom. The SMILES string of the molecule is CC(C)CC(C(=O)O)N(C)C(=O)c1ccccc1SSc1ccccc1C(=O)N(C)[C@@H](CC(C)C)C(=O)O. The van der Waals surface area contributed by atoms with Crippen LogP contribution in [0.4, 0.5) is 0 Å². The first-order valence-corrected chi connectivity index (χ1v) is 14.5. The first-order chi connectivity index (χ1) is 17.8. The zero-order valence-corrected chi connectivity index (χ0v) is 24.2. The summed E-state index contributed by atoms with van der Waals surface area (Å²) in [4.78, 5) is 54.1. The van der Waals surface area contributed by atoms with Crippen LogP contribution in [0.3, 0.4) is 0 Å². The quantitative estimate of drug-likeness (QED) is 0.303. The molecule has 2 atom stereocenters. The first-order valence-electron chi connectivity index (χ1n) is 12.4. The molecule has 0 radical (unpaired) electrons. The molecule has 38 heavy (non-hydrogen) atoms. The van der Waals surface area contributed by atoms with Crippen molar-refractivity contribution < 1.29 is 29.4 Å². The highest BCUT2D eigenvalue weighted by Crippen LogP contribution is 2.41. The number of amides is 2. The van der Waals surface area contributed by atoms with Crippen molar-refractivity contribution in [3.63, 3.8) is 0 Å². The van der Waals surface area contributed by atoms with E-state index in [9.17, 15) is 29.4 Å². The summed E-state index contributed by atoms with van der Waals surface area (Å²) >= 11 is 0. The third-order valence-electron chi connectivity index (χ3n) is 5.99. The van der Waals surface area contributed by atoms with E-state index in [1.54, 1.807) is 48.5 Å². The smallest absolute Gasteiger partial charge is 0.326 e. The van der Waals surface area contributed by atoms with E-state index in [2.05, 4.69) is 0 Å². The van der Waals surface area contributed by atoms with Gasteiger partial charge < -0.3 is 20.0 Å². The standard InChI is InChI=1S/C28H36N2O6S2/c1-17(2)15-21(27(33)34)29(5)25(31)19-11-7-9-13-23(19)37-38-24-14-10-8-12-20(24)26(32)30(6)22(28(35)36)16-18(3)4/h7-14,17-18,21-22H,15-16H2,1-6H3,(H,33,34)(H,35,36)/t21-,22?/m0/s1. The number of carbonyl (C=O) groups excluding carboxylic acids is 2. The van der Waals surface area contributed by atoms with Crippen molar-refractivity contribution >= 4 is 45.3 Å². The maximum Gasteiger partial charge on any atom is 0.326 e. The van der Waals surface area contributed by atoms with E-state index in [0.29, 0.717) is 33.8 Å². The molecule has 0 spiro atoms. The molecule has 2 aromatic carbocycles. The summed E-state index contributed by atoms with van der Waals surface area (Å²) in [6.07, 6.45) is 0.664. The molecule has 8 nitrogen and oxygen atoms in total. The molecule has 2 rings (SSSR count). The van der Waals surface area contributed by atoms with Gasteiger partial charge in [0.15, 0.2) is 0 Å². The van der Waals surface area contributed by atoms with Gasteiger partial charge in [-0.05, 0) is 48.9 Å². The molecule has 10 heteroatoms. The Hall–Kier alpha value is -2.98. The summed E-state index contributed by atoms with van der Waals surface area (Å²) < 4.78 is 0. The van der Waals surface area contributed by atoms with Crippen molar-refractivity contribution in [2.45, 2.75) is 62.4 Å². The van der Waals surface area contributed by atoms with E-state index in [0.717, 1.165) is 0 Å². The molecule has 0 fully saturated rings. The lowest BCUT2D eigenvalue weighted by Crippen LogP contribution is -2.43. The van der Waals surface area contributed by atoms with Crippen LogP contribution in [0, 0.1) is 11.8 Å². The van der Waals surface area contributed by atoms with Crippen LogP contribution in [0.2, 0.25) is 0 Å². The summed E-state index contributed by atoms with van der Waals surface area (Å²) in [7, 11) is 5.56. The number of rotatable bonds is 13. The fourth-order valence-electron chi connectivity index (χ4n) is 3.93. The molecule has 0 aliphatic heterocycles. The molecule has 0 bridgehead atoms. The van der Waals surface area contributed by atoms with Crippen molar-refractivity contribution in [1.82, 2.24) is 9.80 Å². The lowest BCUT2D eigenvalue weighted by atomic mass is 10.0. The molecule has 0 aromatic heterocycles. The van der Waals surface area contributed by atoms with Gasteiger partial charge in [0.1, 0.15) is 12.1 Å². The zero-order chi connectivity index (χ0) is 28.6. The maximum absolute atomic E-state index is 13.3. The van der Waals surface area contributed by atoms with E-state index in [1.807, 2.05) is 27.7 Å². The van der Waals surface area contributed by atoms with E-state index < -0.39 is 35.8 Å². The lowest BCUT2D eigenvalue weighted by Gasteiger charge is -2.27. The minimum absolute atomic E-state index is 0.0972. The zero-order valence-electron chi connectivity index (χ0n) is 22.6. The Morgan fingerprint density at radius 3 is 1.26 bits per heavy atom. The van der Waals surface area contributed by atoms with Crippen LogP contribution in [0.15, 0.2) is 58.3 Å². The molecule has 0 saturated heterocycles. The molecular weight excluding hydrogens is 524 g/mol. The molecule has 0 saturated carbocycles. The minimum Gasteiger partial charge on any atom is -0.480 e. The topological polar surface area (TPSA) is 115 Å². The Labute approximate surface area is 232 Å². The Kier molecular flexibility index (Phi) is 11.7. The normalized spacial score (nSPS) is 12.7. The monoisotopic (exact) mass is 560 g/mol. The van der Waals surface area contributed by atoms with Gasteiger partial charge in [0.2, 0.25) is 0 Å². The predicted molar refractivity (Wildman–Crippen MR) is 151 cm³/mol. The Bertz CT molecular complexity index is 1060. The van der Waals surface area contributed by atoms with Gasteiger partial charge >= 0.3 is 11.9 Å². The van der Waals surface area contributed by atoms with Gasteiger partial charge in [0, 0.05) is 23.9 Å². The third kappa shape index (κ3) is 8.26. The number of likely N-dealkylation sites (N-methyl/N-ethyl adjacent to an activating group) is 2. The van der Waals surface area contributed by atoms with Crippen molar-refractivity contribution in [3.05, 3.63) is 59.7 Å². The second-order valence-electron chi connectivity index (χ2n) is 9.96. The van der Waals surface area contributed by atoms with Crippen LogP contribution >= 0.6 is 21.6 Å². The van der Waals surface area contributed by atoms with Gasteiger partial charge in [-0.2, -0.15) is 0 Å². The fraction of sp³-hybridized carbons (Fsp3) is 0.429. The fourth-order valence-corrected chi connectivity index (χ4v) is 6.28. The number of aliphatic carboxylic acids is 2. The third-order valence-corrected chi connectivity index (χ3v) is 8.47. The van der Waals surface area contributed by atoms with Crippen LogP contribution in [0.1, 0.15) is 61.3 Å². The van der Waals surface area contributed by atoms with Crippen molar-refractivity contribution in [3.8, 4) is 0 Å². The summed E-state index contributed by atoms with van der Waals surface area (Å²) in [5.41, 5.74) is 0.734. The van der Waals surface area contributed by atoms with Gasteiger partial charge in [0.25, 0.3) is 11.8 Å². The average Bonchev–Trinajstić information content (AvgIpc) is 2.87. The van der Waals surface area contributed by atoms with Crippen LogP contribution in [-0.4, -0.2) is 69.9 Å². The number of hydrogen-bond acceptors (Lipinski definition) is 6. The number of nitrogens with zero attached hydrogens (tertiary/aromatic N) is 2. The van der Waals surface area contributed by atoms with E-state index in [-0.39, 0.29) is 11.8 Å². The molecule has 2 amide bonds. The molecule has 206 valence electrons. The highest BCUT2D eigenvalue weighted by molar-refractivity contribution is 8.76. The van der Waals surface area contributed by atoms with Gasteiger partial charge in [-0.3, -0.25) is 9.59 Å². The van der Waals surface area contributed by atoms with Crippen molar-refractivity contribution in [2.24, 2.45) is 11.8 Å². The number of carbonyl (C=O) groups is 4. The Balaban J connectivity index is 2.29. The highest BCUT2D eigenvalue weighted by atomic mass is 33.1. The molecule has 0 aliphatic rings. The van der Waals surface area contributed by atoms with Gasteiger partial charge in [0.05, 0.1) is 11.1 Å². The second-order valence-corrected chi connectivity index (χ2v) is 12.2. The van der Waals surface area contributed by atoms with E-state index in [1.165, 1.54) is 45.5 Å². The highest BCUT2D eigenvalue weighted by Gasteiger charge is 2.30. The summed E-state index contributed by atoms with van der Waals surface area (Å²) in [6.45, 7) is 7.64. The van der Waals surface area contributed by atoms with Crippen LogP contribution in [0.5, 0.6) is 0 Å². The van der Waals surface area contributed by atoms with Crippen molar-refractivity contribution in [2.75, 3.05) is 14.1 Å². The number of hydrogen-bond donors (Lipinski definition) is 2. The van der Waals surface area contributed by atoms with Crippen LogP contribution < -0.4 is 0 Å². The molecule has 1 unspecified atom stereocenters. The van der Waals surface area contributed by atoms with Gasteiger partial charge in [-0.25, -0.2) is 9.59 Å². The van der Waals surface area contributed by atoms with Crippen molar-refractivity contribution in [1.29, 1.82) is 0 Å². The predicted octanol–water partition coefficient (Wildman–Crippen LogP) is 5.63. The first kappa shape index (κ1) is 31.2. The second kappa shape index (κ2) is 14.2. The number of carboxylic acids is 2. The Morgan fingerprint density at radius 1 is 0.658 bits per heavy atom. The molecule has 2 aromatic rings.